The quantitative estimate of drug-likeness (QED) is 0.842. The van der Waals surface area contributed by atoms with Crippen LogP contribution in [-0.4, -0.2) is 49.3 Å². The van der Waals surface area contributed by atoms with Gasteiger partial charge in [-0.05, 0) is 45.7 Å². The normalized spacial score (nSPS) is 20.0. The number of hydrogen-bond acceptors (Lipinski definition) is 5. The Morgan fingerprint density at radius 2 is 2.18 bits per heavy atom. The van der Waals surface area contributed by atoms with E-state index in [0.717, 1.165) is 12.8 Å². The van der Waals surface area contributed by atoms with Gasteiger partial charge in [-0.1, -0.05) is 11.6 Å². The van der Waals surface area contributed by atoms with Crippen LogP contribution in [0.15, 0.2) is 17.2 Å². The van der Waals surface area contributed by atoms with Crippen LogP contribution in [0.4, 0.5) is 4.79 Å². The molecule has 0 aliphatic carbocycles. The molecule has 0 N–H and O–H groups in total. The average molecular weight is 346 g/mol. The van der Waals surface area contributed by atoms with Crippen molar-refractivity contribution >= 4 is 28.5 Å². The molecular formula is C14H20ClN3O3S. The first-order chi connectivity index (χ1) is 10.3. The number of halogens is 1. The van der Waals surface area contributed by atoms with Crippen LogP contribution in [-0.2, 0) is 15.5 Å². The molecule has 6 nitrogen and oxygen atoms in total. The molecular weight excluding hydrogens is 326 g/mol. The number of carbonyl (C=O) groups is 1. The third-order valence-corrected chi connectivity index (χ3v) is 4.76. The summed E-state index contributed by atoms with van der Waals surface area (Å²) < 4.78 is 17.7. The second kappa shape index (κ2) is 6.91. The number of nitrogens with zero attached hydrogens (tertiary/aromatic N) is 3. The Morgan fingerprint density at radius 1 is 1.45 bits per heavy atom. The summed E-state index contributed by atoms with van der Waals surface area (Å²) in [5.74, 6) is 0.329. The number of aromatic nitrogens is 2. The zero-order chi connectivity index (χ0) is 16.3. The average Bonchev–Trinajstić information content (AvgIpc) is 2.85. The van der Waals surface area contributed by atoms with Gasteiger partial charge in [-0.3, -0.25) is 4.21 Å². The molecule has 1 aliphatic heterocycles. The van der Waals surface area contributed by atoms with Gasteiger partial charge < -0.3 is 9.64 Å². The van der Waals surface area contributed by atoms with Crippen molar-refractivity contribution in [1.29, 1.82) is 0 Å². The Kier molecular flexibility index (Phi) is 5.39. The lowest BCUT2D eigenvalue weighted by molar-refractivity contribution is 0.0241. The molecule has 0 unspecified atom stereocenters. The van der Waals surface area contributed by atoms with E-state index in [2.05, 4.69) is 10.2 Å². The minimum atomic E-state index is -1.32. The summed E-state index contributed by atoms with van der Waals surface area (Å²) in [4.78, 5) is 13.9. The van der Waals surface area contributed by atoms with E-state index in [4.69, 9.17) is 16.3 Å². The van der Waals surface area contributed by atoms with Gasteiger partial charge in [0.25, 0.3) is 0 Å². The molecule has 1 aliphatic rings. The van der Waals surface area contributed by atoms with Gasteiger partial charge in [0.1, 0.15) is 10.6 Å². The maximum Gasteiger partial charge on any atom is 0.410 e. The summed E-state index contributed by atoms with van der Waals surface area (Å²) in [6.07, 6.45) is 1.34. The Hall–Kier alpha value is -1.21. The fourth-order valence-electron chi connectivity index (χ4n) is 2.26. The molecule has 0 aromatic carbocycles. The highest BCUT2D eigenvalue weighted by Gasteiger charge is 2.33. The molecule has 0 radical (unpaired) electrons. The van der Waals surface area contributed by atoms with Crippen LogP contribution >= 0.6 is 11.6 Å². The minimum Gasteiger partial charge on any atom is -0.444 e. The monoisotopic (exact) mass is 345 g/mol. The van der Waals surface area contributed by atoms with Crippen molar-refractivity contribution in [3.05, 3.63) is 17.3 Å². The van der Waals surface area contributed by atoms with Crippen molar-refractivity contribution in [2.75, 3.05) is 12.3 Å². The Labute approximate surface area is 137 Å². The second-order valence-corrected chi connectivity index (χ2v) is 8.01. The molecule has 1 aromatic rings. The number of likely N-dealkylation sites (tertiary alicyclic amines) is 1. The van der Waals surface area contributed by atoms with E-state index in [-0.39, 0.29) is 17.3 Å². The zero-order valence-electron chi connectivity index (χ0n) is 12.9. The highest BCUT2D eigenvalue weighted by molar-refractivity contribution is 7.85. The SMILES string of the molecule is CC(C)(C)OC(=O)N1CCC[C@H]1C[S@@](=O)c1ccc(Cl)nn1. The van der Waals surface area contributed by atoms with E-state index in [0.29, 0.717) is 17.3 Å². The highest BCUT2D eigenvalue weighted by Crippen LogP contribution is 2.22. The molecule has 0 bridgehead atoms. The first kappa shape index (κ1) is 17.1. The van der Waals surface area contributed by atoms with Crippen molar-refractivity contribution in [2.24, 2.45) is 0 Å². The third-order valence-electron chi connectivity index (χ3n) is 3.19. The summed E-state index contributed by atoms with van der Waals surface area (Å²) in [7, 11) is -1.32. The van der Waals surface area contributed by atoms with E-state index < -0.39 is 16.4 Å². The van der Waals surface area contributed by atoms with Crippen LogP contribution in [0.2, 0.25) is 5.15 Å². The topological polar surface area (TPSA) is 72.4 Å². The van der Waals surface area contributed by atoms with E-state index in [1.807, 2.05) is 20.8 Å². The van der Waals surface area contributed by atoms with E-state index in [1.165, 1.54) is 0 Å². The molecule has 22 heavy (non-hydrogen) atoms. The van der Waals surface area contributed by atoms with Gasteiger partial charge in [-0.25, -0.2) is 4.79 Å². The van der Waals surface area contributed by atoms with Gasteiger partial charge in [0.05, 0.1) is 16.6 Å². The maximum atomic E-state index is 12.4. The maximum absolute atomic E-state index is 12.4. The smallest absolute Gasteiger partial charge is 0.410 e. The summed E-state index contributed by atoms with van der Waals surface area (Å²) in [6, 6.07) is 3.05. The van der Waals surface area contributed by atoms with E-state index >= 15 is 0 Å². The van der Waals surface area contributed by atoms with Crippen LogP contribution in [0, 0.1) is 0 Å². The van der Waals surface area contributed by atoms with Gasteiger partial charge in [-0.2, -0.15) is 0 Å². The predicted molar refractivity (Wildman–Crippen MR) is 84.3 cm³/mol. The van der Waals surface area contributed by atoms with Crippen molar-refractivity contribution in [2.45, 2.75) is 50.3 Å². The molecule has 1 aromatic heterocycles. The fourth-order valence-corrected chi connectivity index (χ4v) is 3.57. The fraction of sp³-hybridized carbons (Fsp3) is 0.643. The van der Waals surface area contributed by atoms with Crippen molar-refractivity contribution in [3.8, 4) is 0 Å². The lowest BCUT2D eigenvalue weighted by atomic mass is 10.2. The van der Waals surface area contributed by atoms with Crippen LogP contribution < -0.4 is 0 Å². The number of ether oxygens (including phenoxy) is 1. The second-order valence-electron chi connectivity index (χ2n) is 6.18. The molecule has 1 amide bonds. The lowest BCUT2D eigenvalue weighted by Gasteiger charge is -2.28. The largest absolute Gasteiger partial charge is 0.444 e. The van der Waals surface area contributed by atoms with E-state index in [1.54, 1.807) is 17.0 Å². The Balaban J connectivity index is 2.00. The summed E-state index contributed by atoms with van der Waals surface area (Å²) in [5, 5.41) is 8.16. The highest BCUT2D eigenvalue weighted by atomic mass is 35.5. The lowest BCUT2D eigenvalue weighted by Crippen LogP contribution is -2.42. The molecule has 8 heteroatoms. The molecule has 1 saturated heterocycles. The molecule has 2 rings (SSSR count). The summed E-state index contributed by atoms with van der Waals surface area (Å²) >= 11 is 5.67. The van der Waals surface area contributed by atoms with Crippen molar-refractivity contribution in [3.63, 3.8) is 0 Å². The van der Waals surface area contributed by atoms with Crippen molar-refractivity contribution in [1.82, 2.24) is 15.1 Å². The molecule has 2 atom stereocenters. The standard InChI is InChI=1S/C14H20ClN3O3S/c1-14(2,3)21-13(19)18-8-4-5-10(18)9-22(20)12-7-6-11(15)16-17-12/h6-7,10H,4-5,8-9H2,1-3H3/t10-,22+/m0/s1. The van der Waals surface area contributed by atoms with Crippen LogP contribution in [0.5, 0.6) is 0 Å². The predicted octanol–water partition coefficient (Wildman–Crippen LogP) is 2.64. The summed E-state index contributed by atoms with van der Waals surface area (Å²) in [5.41, 5.74) is -0.537. The molecule has 122 valence electrons. The number of hydrogen-bond donors (Lipinski definition) is 0. The molecule has 1 fully saturated rings. The van der Waals surface area contributed by atoms with Gasteiger partial charge in [0.15, 0.2) is 5.15 Å². The minimum absolute atomic E-state index is 0.104. The molecule has 0 saturated carbocycles. The number of carbonyl (C=O) groups excluding carboxylic acids is 1. The van der Waals surface area contributed by atoms with Crippen LogP contribution in [0.25, 0.3) is 0 Å². The zero-order valence-corrected chi connectivity index (χ0v) is 14.5. The van der Waals surface area contributed by atoms with Gasteiger partial charge >= 0.3 is 6.09 Å². The Bertz CT molecular complexity index is 559. The van der Waals surface area contributed by atoms with Crippen LogP contribution in [0.3, 0.4) is 0 Å². The third kappa shape index (κ3) is 4.64. The molecule has 0 spiro atoms. The van der Waals surface area contributed by atoms with E-state index in [9.17, 15) is 9.00 Å². The first-order valence-corrected chi connectivity index (χ1v) is 8.83. The summed E-state index contributed by atoms with van der Waals surface area (Å²) in [6.45, 7) is 6.12. The van der Waals surface area contributed by atoms with Crippen molar-refractivity contribution < 1.29 is 13.7 Å². The molecule has 2 heterocycles. The first-order valence-electron chi connectivity index (χ1n) is 7.13. The van der Waals surface area contributed by atoms with Gasteiger partial charge in [0, 0.05) is 12.6 Å². The van der Waals surface area contributed by atoms with Crippen LogP contribution in [0.1, 0.15) is 33.6 Å². The van der Waals surface area contributed by atoms with Gasteiger partial charge in [0.2, 0.25) is 0 Å². The number of rotatable bonds is 3. The number of amides is 1. The van der Waals surface area contributed by atoms with Gasteiger partial charge in [-0.15, -0.1) is 10.2 Å². The Morgan fingerprint density at radius 3 is 2.77 bits per heavy atom.